The highest BCUT2D eigenvalue weighted by molar-refractivity contribution is 7.71. The van der Waals surface area contributed by atoms with E-state index in [0.717, 1.165) is 5.56 Å². The Kier molecular flexibility index (Phi) is 5.54. The summed E-state index contributed by atoms with van der Waals surface area (Å²) >= 11 is 11.6. The smallest absolute Gasteiger partial charge is 0.262 e. The van der Waals surface area contributed by atoms with E-state index in [-0.39, 0.29) is 28.9 Å². The Morgan fingerprint density at radius 1 is 1.21 bits per heavy atom. The summed E-state index contributed by atoms with van der Waals surface area (Å²) in [5, 5.41) is 10.7. The van der Waals surface area contributed by atoms with E-state index < -0.39 is 0 Å². The third-order valence-electron chi connectivity index (χ3n) is 5.27. The van der Waals surface area contributed by atoms with Gasteiger partial charge in [-0.3, -0.25) is 14.2 Å². The molecule has 8 heteroatoms. The Morgan fingerprint density at radius 2 is 1.93 bits per heavy atom. The van der Waals surface area contributed by atoms with Crippen molar-refractivity contribution >= 4 is 40.6 Å². The predicted molar refractivity (Wildman–Crippen MR) is 115 cm³/mol. The molecule has 0 bridgehead atoms. The number of aromatic nitrogens is 2. The standard InChI is InChI=1S/C21H20ClN3O3S/c22-17-4-2-1-3-14(17)12-25-20(28)16-6-5-13(11-18(16)23-21(25)29)19(27)24-9-7-15(26)8-10-24/h1-6,11,15,26H,7-10,12H2,(H,23,29). The molecule has 6 nitrogen and oxygen atoms in total. The molecule has 0 radical (unpaired) electrons. The van der Waals surface area contributed by atoms with Gasteiger partial charge in [-0.1, -0.05) is 29.8 Å². The Balaban J connectivity index is 1.69. The van der Waals surface area contributed by atoms with Gasteiger partial charge in [-0.15, -0.1) is 0 Å². The first kappa shape index (κ1) is 19.8. The van der Waals surface area contributed by atoms with E-state index in [1.165, 1.54) is 4.57 Å². The lowest BCUT2D eigenvalue weighted by atomic mass is 10.1. The molecule has 1 fully saturated rings. The lowest BCUT2D eigenvalue weighted by Crippen LogP contribution is -2.40. The Morgan fingerprint density at radius 3 is 2.66 bits per heavy atom. The molecular formula is C21H20ClN3O3S. The lowest BCUT2D eigenvalue weighted by molar-refractivity contribution is 0.0546. The van der Waals surface area contributed by atoms with Crippen molar-refractivity contribution in [1.29, 1.82) is 0 Å². The topological polar surface area (TPSA) is 78.3 Å². The number of fused-ring (bicyclic) bond motifs is 1. The molecule has 0 aliphatic carbocycles. The highest BCUT2D eigenvalue weighted by Gasteiger charge is 2.22. The number of likely N-dealkylation sites (tertiary alicyclic amines) is 1. The van der Waals surface area contributed by atoms with Crippen molar-refractivity contribution in [3.63, 3.8) is 0 Å². The molecule has 3 aromatic rings. The summed E-state index contributed by atoms with van der Waals surface area (Å²) < 4.78 is 1.74. The summed E-state index contributed by atoms with van der Waals surface area (Å²) in [5.74, 6) is -0.113. The van der Waals surface area contributed by atoms with Crippen LogP contribution in [0.4, 0.5) is 0 Å². The number of aliphatic hydroxyl groups is 1. The van der Waals surface area contributed by atoms with Crippen LogP contribution in [-0.2, 0) is 6.54 Å². The largest absolute Gasteiger partial charge is 0.393 e. The maximum Gasteiger partial charge on any atom is 0.262 e. The van der Waals surface area contributed by atoms with E-state index in [2.05, 4.69) is 4.98 Å². The number of amides is 1. The average molecular weight is 430 g/mol. The quantitative estimate of drug-likeness (QED) is 0.626. The van der Waals surface area contributed by atoms with Crippen LogP contribution < -0.4 is 5.56 Å². The summed E-state index contributed by atoms with van der Waals surface area (Å²) in [6, 6.07) is 12.3. The van der Waals surface area contributed by atoms with E-state index in [1.54, 1.807) is 29.2 Å². The summed E-state index contributed by atoms with van der Waals surface area (Å²) in [5.41, 5.74) is 1.58. The van der Waals surface area contributed by atoms with Crippen LogP contribution in [0.2, 0.25) is 5.02 Å². The van der Waals surface area contributed by atoms with Gasteiger partial charge in [0.25, 0.3) is 11.5 Å². The van der Waals surface area contributed by atoms with Gasteiger partial charge >= 0.3 is 0 Å². The van der Waals surface area contributed by atoms with Gasteiger partial charge in [-0.2, -0.15) is 0 Å². The number of benzene rings is 2. The number of aromatic amines is 1. The molecule has 1 aliphatic heterocycles. The van der Waals surface area contributed by atoms with Crippen LogP contribution in [0.1, 0.15) is 28.8 Å². The predicted octanol–water partition coefficient (Wildman–Crippen LogP) is 3.36. The normalized spacial score (nSPS) is 15.0. The van der Waals surface area contributed by atoms with Crippen LogP contribution in [0.5, 0.6) is 0 Å². The number of hydrogen-bond donors (Lipinski definition) is 2. The molecular weight excluding hydrogens is 410 g/mol. The average Bonchev–Trinajstić information content (AvgIpc) is 2.72. The molecule has 29 heavy (non-hydrogen) atoms. The van der Waals surface area contributed by atoms with Gasteiger partial charge in [0.2, 0.25) is 0 Å². The number of carbonyl (C=O) groups is 1. The SMILES string of the molecule is O=C(c1ccc2c(=O)n(Cc3ccccc3Cl)c(=S)[nH]c2c1)N1CCC(O)CC1. The van der Waals surface area contributed by atoms with Gasteiger partial charge < -0.3 is 15.0 Å². The molecule has 2 N–H and O–H groups in total. The second-order valence-electron chi connectivity index (χ2n) is 7.20. The molecule has 1 aromatic heterocycles. The number of nitrogens with one attached hydrogen (secondary N) is 1. The number of piperidine rings is 1. The maximum atomic E-state index is 13.0. The summed E-state index contributed by atoms with van der Waals surface area (Å²) in [4.78, 5) is 30.6. The first-order valence-corrected chi connectivity index (χ1v) is 10.2. The third kappa shape index (κ3) is 3.99. The van der Waals surface area contributed by atoms with Gasteiger partial charge in [0.15, 0.2) is 4.77 Å². The molecule has 1 aliphatic rings. The molecule has 0 saturated carbocycles. The number of nitrogens with zero attached hydrogens (tertiary/aromatic N) is 2. The first-order chi connectivity index (χ1) is 13.9. The van der Waals surface area contributed by atoms with Crippen molar-refractivity contribution < 1.29 is 9.90 Å². The monoisotopic (exact) mass is 429 g/mol. The van der Waals surface area contributed by atoms with Crippen LogP contribution in [0, 0.1) is 4.77 Å². The fraction of sp³-hybridized carbons (Fsp3) is 0.286. The van der Waals surface area contributed by atoms with Gasteiger partial charge in [0, 0.05) is 23.7 Å². The van der Waals surface area contributed by atoms with Crippen LogP contribution in [-0.4, -0.2) is 44.7 Å². The van der Waals surface area contributed by atoms with Gasteiger partial charge in [0.05, 0.1) is 23.6 Å². The van der Waals surface area contributed by atoms with Crippen molar-refractivity contribution in [2.24, 2.45) is 0 Å². The third-order valence-corrected chi connectivity index (χ3v) is 5.96. The molecule has 1 amide bonds. The lowest BCUT2D eigenvalue weighted by Gasteiger charge is -2.29. The zero-order valence-electron chi connectivity index (χ0n) is 15.6. The zero-order chi connectivity index (χ0) is 20.5. The fourth-order valence-corrected chi connectivity index (χ4v) is 4.03. The van der Waals surface area contributed by atoms with Crippen LogP contribution in [0.3, 0.4) is 0 Å². The number of halogens is 1. The minimum Gasteiger partial charge on any atom is -0.393 e. The molecule has 0 atom stereocenters. The van der Waals surface area contributed by atoms with Crippen molar-refractivity contribution in [3.8, 4) is 0 Å². The van der Waals surface area contributed by atoms with Crippen LogP contribution >= 0.6 is 23.8 Å². The number of H-pyrrole nitrogens is 1. The van der Waals surface area contributed by atoms with E-state index in [4.69, 9.17) is 23.8 Å². The maximum absolute atomic E-state index is 13.0. The Hall–Kier alpha value is -2.48. The molecule has 4 rings (SSSR count). The zero-order valence-corrected chi connectivity index (χ0v) is 17.2. The highest BCUT2D eigenvalue weighted by Crippen LogP contribution is 2.18. The summed E-state index contributed by atoms with van der Waals surface area (Å²) in [6.45, 7) is 1.31. The van der Waals surface area contributed by atoms with Crippen molar-refractivity contribution in [3.05, 3.63) is 73.7 Å². The Bertz CT molecular complexity index is 1200. The second kappa shape index (κ2) is 8.10. The molecule has 2 heterocycles. The van der Waals surface area contributed by atoms with Gasteiger partial charge in [0.1, 0.15) is 0 Å². The summed E-state index contributed by atoms with van der Waals surface area (Å²) in [6.07, 6.45) is 0.812. The first-order valence-electron chi connectivity index (χ1n) is 9.41. The van der Waals surface area contributed by atoms with E-state index in [9.17, 15) is 14.7 Å². The summed E-state index contributed by atoms with van der Waals surface area (Å²) in [7, 11) is 0. The Labute approximate surface area is 177 Å². The number of hydrogen-bond acceptors (Lipinski definition) is 4. The molecule has 0 unspecified atom stereocenters. The van der Waals surface area contributed by atoms with Crippen molar-refractivity contribution in [1.82, 2.24) is 14.5 Å². The molecule has 150 valence electrons. The van der Waals surface area contributed by atoms with E-state index in [1.807, 2.05) is 18.2 Å². The number of carbonyl (C=O) groups excluding carboxylic acids is 1. The second-order valence-corrected chi connectivity index (χ2v) is 7.99. The molecule has 0 spiro atoms. The minimum absolute atomic E-state index is 0.113. The van der Waals surface area contributed by atoms with Crippen molar-refractivity contribution in [2.45, 2.75) is 25.5 Å². The molecule has 2 aromatic carbocycles. The number of aliphatic hydroxyl groups excluding tert-OH is 1. The van der Waals surface area contributed by atoms with E-state index >= 15 is 0 Å². The van der Waals surface area contributed by atoms with Crippen molar-refractivity contribution in [2.75, 3.05) is 13.1 Å². The van der Waals surface area contributed by atoms with E-state index in [0.29, 0.717) is 47.4 Å². The number of rotatable bonds is 3. The highest BCUT2D eigenvalue weighted by atomic mass is 35.5. The van der Waals surface area contributed by atoms with Gasteiger partial charge in [-0.25, -0.2) is 0 Å². The van der Waals surface area contributed by atoms with Crippen LogP contribution in [0.15, 0.2) is 47.3 Å². The van der Waals surface area contributed by atoms with Gasteiger partial charge in [-0.05, 0) is 54.9 Å². The fourth-order valence-electron chi connectivity index (χ4n) is 3.58. The molecule has 1 saturated heterocycles. The minimum atomic E-state index is -0.344. The van der Waals surface area contributed by atoms with Crippen LogP contribution in [0.25, 0.3) is 10.9 Å².